The molecule has 0 bridgehead atoms. The lowest BCUT2D eigenvalue weighted by Crippen LogP contribution is -2.22. The van der Waals surface area contributed by atoms with Crippen LogP contribution in [0.2, 0.25) is 0 Å². The molecule has 6 heteroatoms. The van der Waals surface area contributed by atoms with Gasteiger partial charge >= 0.3 is 0 Å². The van der Waals surface area contributed by atoms with E-state index in [1.54, 1.807) is 24.7 Å². The second-order valence-corrected chi connectivity index (χ2v) is 6.02. The molecule has 0 radical (unpaired) electrons. The predicted octanol–water partition coefficient (Wildman–Crippen LogP) is 3.02. The Kier molecular flexibility index (Phi) is 4.83. The molecular weight excluding hydrogens is 356 g/mol. The predicted molar refractivity (Wildman–Crippen MR) is 90.9 cm³/mol. The summed E-state index contributed by atoms with van der Waals surface area (Å²) in [6.45, 7) is 1.14. The minimum Gasteiger partial charge on any atom is -0.348 e. The summed E-state index contributed by atoms with van der Waals surface area (Å²) in [5.41, 5.74) is 2.67. The van der Waals surface area contributed by atoms with Crippen molar-refractivity contribution in [1.29, 1.82) is 0 Å². The molecule has 5 nitrogen and oxygen atoms in total. The molecule has 0 aliphatic heterocycles. The first-order chi connectivity index (χ1) is 11.2. The Bertz CT molecular complexity index is 801. The van der Waals surface area contributed by atoms with E-state index in [1.165, 1.54) is 5.56 Å². The molecule has 2 aromatic heterocycles. The van der Waals surface area contributed by atoms with Gasteiger partial charge in [-0.1, -0.05) is 30.3 Å². The Morgan fingerprint density at radius 1 is 1.13 bits per heavy atom. The van der Waals surface area contributed by atoms with E-state index in [1.807, 2.05) is 29.1 Å². The fourth-order valence-electron chi connectivity index (χ4n) is 2.18. The topological polar surface area (TPSA) is 59.8 Å². The molecule has 0 atom stereocenters. The van der Waals surface area contributed by atoms with E-state index < -0.39 is 0 Å². The number of carbonyl (C=O) groups excluding carboxylic acids is 1. The number of rotatable bonds is 5. The van der Waals surface area contributed by atoms with Crippen molar-refractivity contribution in [3.63, 3.8) is 0 Å². The van der Waals surface area contributed by atoms with E-state index in [4.69, 9.17) is 0 Å². The maximum Gasteiger partial charge on any atom is 0.253 e. The van der Waals surface area contributed by atoms with Crippen LogP contribution in [0.1, 0.15) is 21.5 Å². The summed E-state index contributed by atoms with van der Waals surface area (Å²) in [6.07, 6.45) is 6.89. The van der Waals surface area contributed by atoms with Gasteiger partial charge < -0.3 is 5.32 Å². The highest BCUT2D eigenvalue weighted by Gasteiger charge is 2.07. The minimum atomic E-state index is -0.158. The van der Waals surface area contributed by atoms with E-state index in [9.17, 15) is 4.79 Å². The van der Waals surface area contributed by atoms with Crippen molar-refractivity contribution in [3.8, 4) is 0 Å². The van der Waals surface area contributed by atoms with Gasteiger partial charge in [-0.3, -0.25) is 14.5 Å². The van der Waals surface area contributed by atoms with E-state index in [-0.39, 0.29) is 5.91 Å². The smallest absolute Gasteiger partial charge is 0.253 e. The van der Waals surface area contributed by atoms with Crippen molar-refractivity contribution >= 4 is 21.8 Å². The first-order valence-corrected chi connectivity index (χ1v) is 7.94. The highest BCUT2D eigenvalue weighted by Crippen LogP contribution is 2.10. The first-order valence-electron chi connectivity index (χ1n) is 7.15. The summed E-state index contributed by atoms with van der Waals surface area (Å²) in [5, 5.41) is 7.19. The van der Waals surface area contributed by atoms with Crippen LogP contribution in [0, 0.1) is 0 Å². The lowest BCUT2D eigenvalue weighted by molar-refractivity contribution is 0.0950. The van der Waals surface area contributed by atoms with Gasteiger partial charge in [0, 0.05) is 35.2 Å². The monoisotopic (exact) mass is 370 g/mol. The summed E-state index contributed by atoms with van der Waals surface area (Å²) in [4.78, 5) is 16.1. The van der Waals surface area contributed by atoms with Crippen molar-refractivity contribution in [2.45, 2.75) is 13.1 Å². The number of hydrogen-bond donors (Lipinski definition) is 1. The number of amides is 1. The first kappa shape index (κ1) is 15.4. The molecule has 0 saturated heterocycles. The van der Waals surface area contributed by atoms with Gasteiger partial charge in [-0.15, -0.1) is 0 Å². The minimum absolute atomic E-state index is 0.158. The van der Waals surface area contributed by atoms with Crippen molar-refractivity contribution in [2.75, 3.05) is 0 Å². The molecule has 0 aliphatic rings. The molecule has 1 aromatic carbocycles. The molecule has 0 saturated carbocycles. The number of hydrogen-bond acceptors (Lipinski definition) is 3. The zero-order valence-electron chi connectivity index (χ0n) is 12.3. The molecule has 23 heavy (non-hydrogen) atoms. The Morgan fingerprint density at radius 2 is 1.96 bits per heavy atom. The van der Waals surface area contributed by atoms with Crippen LogP contribution in [-0.2, 0) is 13.1 Å². The quantitative estimate of drug-likeness (QED) is 0.750. The van der Waals surface area contributed by atoms with Crippen LogP contribution in [0.5, 0.6) is 0 Å². The molecule has 0 spiro atoms. The SMILES string of the molecule is O=C(NCc1cnn(Cc2ccccc2)c1)c1cncc(Br)c1. The number of aromatic nitrogens is 3. The summed E-state index contributed by atoms with van der Waals surface area (Å²) < 4.78 is 2.64. The maximum absolute atomic E-state index is 12.1. The zero-order valence-corrected chi connectivity index (χ0v) is 13.9. The van der Waals surface area contributed by atoms with Gasteiger partial charge in [0.05, 0.1) is 18.3 Å². The molecule has 3 rings (SSSR count). The summed E-state index contributed by atoms with van der Waals surface area (Å²) in [6, 6.07) is 11.9. The lowest BCUT2D eigenvalue weighted by atomic mass is 10.2. The normalized spacial score (nSPS) is 10.5. The standard InChI is InChI=1S/C17H15BrN4O/c18-16-6-15(9-19-10-16)17(23)20-7-14-8-21-22(12-14)11-13-4-2-1-3-5-13/h1-6,8-10,12H,7,11H2,(H,20,23). The Labute approximate surface area is 142 Å². The summed E-state index contributed by atoms with van der Waals surface area (Å²) in [5.74, 6) is -0.158. The van der Waals surface area contributed by atoms with Crippen LogP contribution in [0.3, 0.4) is 0 Å². The van der Waals surface area contributed by atoms with Gasteiger partial charge in [0.15, 0.2) is 0 Å². The fourth-order valence-corrected chi connectivity index (χ4v) is 2.54. The number of nitrogens with zero attached hydrogens (tertiary/aromatic N) is 3. The number of carbonyl (C=O) groups is 1. The largest absolute Gasteiger partial charge is 0.348 e. The Morgan fingerprint density at radius 3 is 2.74 bits per heavy atom. The van der Waals surface area contributed by atoms with Crippen molar-refractivity contribution in [1.82, 2.24) is 20.1 Å². The zero-order chi connectivity index (χ0) is 16.1. The molecule has 2 heterocycles. The van der Waals surface area contributed by atoms with Gasteiger partial charge in [-0.2, -0.15) is 5.10 Å². The highest BCUT2D eigenvalue weighted by molar-refractivity contribution is 9.10. The van der Waals surface area contributed by atoms with Crippen molar-refractivity contribution in [2.24, 2.45) is 0 Å². The van der Waals surface area contributed by atoms with Crippen molar-refractivity contribution in [3.05, 3.63) is 82.3 Å². The van der Waals surface area contributed by atoms with Crippen LogP contribution >= 0.6 is 15.9 Å². The van der Waals surface area contributed by atoms with Gasteiger partial charge in [0.25, 0.3) is 5.91 Å². The van der Waals surface area contributed by atoms with Gasteiger partial charge in [-0.05, 0) is 27.6 Å². The second kappa shape index (κ2) is 7.19. The molecule has 0 aliphatic carbocycles. The van der Waals surface area contributed by atoms with Crippen molar-refractivity contribution < 1.29 is 4.79 Å². The van der Waals surface area contributed by atoms with Crippen LogP contribution in [0.15, 0.2) is 65.7 Å². The molecule has 1 N–H and O–H groups in total. The van der Waals surface area contributed by atoms with E-state index in [2.05, 4.69) is 43.5 Å². The third-order valence-corrected chi connectivity index (χ3v) is 3.73. The molecule has 1 amide bonds. The number of nitrogens with one attached hydrogen (secondary N) is 1. The molecule has 0 unspecified atom stereocenters. The van der Waals surface area contributed by atoms with E-state index in [0.29, 0.717) is 18.7 Å². The molecule has 0 fully saturated rings. The molecular formula is C17H15BrN4O. The molecule has 116 valence electrons. The van der Waals surface area contributed by atoms with Crippen LogP contribution in [0.4, 0.5) is 0 Å². The molecule has 3 aromatic rings. The summed E-state index contributed by atoms with van der Waals surface area (Å²) >= 11 is 3.31. The van der Waals surface area contributed by atoms with E-state index in [0.717, 1.165) is 10.0 Å². The average Bonchev–Trinajstić information content (AvgIpc) is 3.01. The van der Waals surface area contributed by atoms with Crippen LogP contribution < -0.4 is 5.32 Å². The number of pyridine rings is 1. The van der Waals surface area contributed by atoms with Crippen LogP contribution in [0.25, 0.3) is 0 Å². The van der Waals surface area contributed by atoms with Gasteiger partial charge in [0.2, 0.25) is 0 Å². The number of halogens is 1. The third-order valence-electron chi connectivity index (χ3n) is 3.29. The maximum atomic E-state index is 12.1. The second-order valence-electron chi connectivity index (χ2n) is 5.11. The Balaban J connectivity index is 1.58. The van der Waals surface area contributed by atoms with Gasteiger partial charge in [-0.25, -0.2) is 0 Å². The Hall–Kier alpha value is -2.47. The average molecular weight is 371 g/mol. The fraction of sp³-hybridized carbons (Fsp3) is 0.118. The van der Waals surface area contributed by atoms with Crippen LogP contribution in [-0.4, -0.2) is 20.7 Å². The van der Waals surface area contributed by atoms with E-state index >= 15 is 0 Å². The number of benzene rings is 1. The summed E-state index contributed by atoms with van der Waals surface area (Å²) in [7, 11) is 0. The van der Waals surface area contributed by atoms with Gasteiger partial charge in [0.1, 0.15) is 0 Å². The third kappa shape index (κ3) is 4.26. The lowest BCUT2D eigenvalue weighted by Gasteiger charge is -2.04. The highest BCUT2D eigenvalue weighted by atomic mass is 79.9.